The van der Waals surface area contributed by atoms with Crippen LogP contribution in [0.1, 0.15) is 48.4 Å². The van der Waals surface area contributed by atoms with Crippen LogP contribution in [0.3, 0.4) is 0 Å². The number of phenols is 1. The van der Waals surface area contributed by atoms with Crippen LogP contribution in [0, 0.1) is 0 Å². The van der Waals surface area contributed by atoms with Crippen molar-refractivity contribution in [1.29, 1.82) is 0 Å². The Morgan fingerprint density at radius 3 is 2.41 bits per heavy atom. The minimum atomic E-state index is -0.964. The first-order valence-corrected chi connectivity index (χ1v) is 8.90. The molecule has 0 aliphatic heterocycles. The fourth-order valence-corrected chi connectivity index (χ4v) is 2.75. The predicted octanol–water partition coefficient (Wildman–Crippen LogP) is 5.87. The fourth-order valence-electron chi connectivity index (χ4n) is 2.57. The minimum absolute atomic E-state index is 0.107. The van der Waals surface area contributed by atoms with Crippen LogP contribution in [0.2, 0.25) is 5.02 Å². The molecule has 5 heteroatoms. The molecule has 2 aromatic rings. The second kappa shape index (κ2) is 9.40. The molecule has 1 unspecified atom stereocenters. The zero-order valence-corrected chi connectivity index (χ0v) is 16.3. The topological polar surface area (TPSA) is 66.8 Å². The maximum absolute atomic E-state index is 11.0. The summed E-state index contributed by atoms with van der Waals surface area (Å²) in [6.45, 7) is 6.27. The van der Waals surface area contributed by atoms with Crippen molar-refractivity contribution >= 4 is 23.6 Å². The number of carbonyl (C=O) groups is 1. The van der Waals surface area contributed by atoms with Crippen molar-refractivity contribution in [1.82, 2.24) is 0 Å². The van der Waals surface area contributed by atoms with Crippen LogP contribution >= 0.6 is 11.6 Å². The Morgan fingerprint density at radius 1 is 1.15 bits per heavy atom. The summed E-state index contributed by atoms with van der Waals surface area (Å²) in [6, 6.07) is 11.4. The second-order valence-corrected chi connectivity index (χ2v) is 6.95. The second-order valence-electron chi connectivity index (χ2n) is 6.51. The molecule has 0 aliphatic rings. The number of hydrogen-bond acceptors (Lipinski definition) is 3. The number of allylic oxidation sites excluding steroid dienone is 1. The van der Waals surface area contributed by atoms with E-state index in [9.17, 15) is 9.90 Å². The number of aromatic carboxylic acids is 1. The third-order valence-corrected chi connectivity index (χ3v) is 4.23. The van der Waals surface area contributed by atoms with Crippen LogP contribution in [0.25, 0.3) is 6.08 Å². The Bertz CT molecular complexity index is 862. The van der Waals surface area contributed by atoms with Gasteiger partial charge in [0.2, 0.25) is 0 Å². The number of rotatable bonds is 7. The maximum Gasteiger partial charge on any atom is 0.335 e. The van der Waals surface area contributed by atoms with Gasteiger partial charge in [-0.25, -0.2) is 4.79 Å². The predicted molar refractivity (Wildman–Crippen MR) is 108 cm³/mol. The molecule has 0 bridgehead atoms. The van der Waals surface area contributed by atoms with Crippen LogP contribution in [0.5, 0.6) is 5.75 Å². The lowest BCUT2D eigenvalue weighted by Gasteiger charge is -2.20. The largest absolute Gasteiger partial charge is 0.508 e. The summed E-state index contributed by atoms with van der Waals surface area (Å²) < 4.78 is 6.01. The van der Waals surface area contributed by atoms with E-state index in [1.54, 1.807) is 42.5 Å². The van der Waals surface area contributed by atoms with Crippen molar-refractivity contribution in [2.75, 3.05) is 6.61 Å². The molecule has 4 nitrogen and oxygen atoms in total. The van der Waals surface area contributed by atoms with E-state index in [1.807, 2.05) is 32.9 Å². The molecule has 2 N–H and O–H groups in total. The molecule has 0 saturated carbocycles. The first-order chi connectivity index (χ1) is 12.8. The van der Waals surface area contributed by atoms with Gasteiger partial charge in [0, 0.05) is 10.6 Å². The van der Waals surface area contributed by atoms with Crippen molar-refractivity contribution in [2.45, 2.75) is 26.9 Å². The van der Waals surface area contributed by atoms with Crippen LogP contribution in [0.15, 0.2) is 59.7 Å². The lowest BCUT2D eigenvalue weighted by atomic mass is 9.99. The zero-order chi connectivity index (χ0) is 20.0. The standard InChI is InChI=1S/C22H23ClO4/c1-14(2)10-11-27-21(19-13-18(23)8-9-20(19)24)15(3)12-16-4-6-17(7-5-16)22(25)26/h4-10,12-13,21,24H,11H2,1-3H3,(H,25,26)/b15-12+. The molecule has 142 valence electrons. The maximum atomic E-state index is 11.0. The van der Waals surface area contributed by atoms with Gasteiger partial charge in [-0.15, -0.1) is 0 Å². The molecule has 2 rings (SSSR count). The number of aromatic hydroxyl groups is 1. The Morgan fingerprint density at radius 2 is 1.81 bits per heavy atom. The minimum Gasteiger partial charge on any atom is -0.508 e. The van der Waals surface area contributed by atoms with Crippen molar-refractivity contribution in [3.05, 3.63) is 81.4 Å². The number of phenolic OH excluding ortho intramolecular Hbond substituents is 1. The molecule has 0 aromatic heterocycles. The van der Waals surface area contributed by atoms with E-state index in [2.05, 4.69) is 0 Å². The van der Waals surface area contributed by atoms with Crippen LogP contribution in [-0.4, -0.2) is 22.8 Å². The van der Waals surface area contributed by atoms with Crippen LogP contribution in [0.4, 0.5) is 0 Å². The van der Waals surface area contributed by atoms with E-state index in [4.69, 9.17) is 21.4 Å². The fraction of sp³-hybridized carbons (Fsp3) is 0.227. The van der Waals surface area contributed by atoms with Gasteiger partial charge < -0.3 is 14.9 Å². The summed E-state index contributed by atoms with van der Waals surface area (Å²) in [7, 11) is 0. The zero-order valence-electron chi connectivity index (χ0n) is 15.6. The molecule has 0 radical (unpaired) electrons. The smallest absolute Gasteiger partial charge is 0.335 e. The van der Waals surface area contributed by atoms with Gasteiger partial charge in [0.15, 0.2) is 0 Å². The molecule has 0 amide bonds. The number of carboxylic acids is 1. The summed E-state index contributed by atoms with van der Waals surface area (Å²) in [6.07, 6.45) is 3.38. The Labute approximate surface area is 164 Å². The number of halogens is 1. The molecular formula is C22H23ClO4. The van der Waals surface area contributed by atoms with E-state index in [-0.39, 0.29) is 11.3 Å². The summed E-state index contributed by atoms with van der Waals surface area (Å²) in [5.41, 5.74) is 3.65. The SMILES string of the molecule is CC(C)=CCOC(/C(C)=C/c1ccc(C(=O)O)cc1)c1cc(Cl)ccc1O. The molecule has 1 atom stereocenters. The number of hydrogen-bond donors (Lipinski definition) is 2. The van der Waals surface area contributed by atoms with Gasteiger partial charge in [-0.2, -0.15) is 0 Å². The van der Waals surface area contributed by atoms with Gasteiger partial charge in [0.1, 0.15) is 11.9 Å². The van der Waals surface area contributed by atoms with Crippen molar-refractivity contribution < 1.29 is 19.7 Å². The lowest BCUT2D eigenvalue weighted by Crippen LogP contribution is -2.07. The van der Waals surface area contributed by atoms with E-state index in [0.29, 0.717) is 17.2 Å². The summed E-state index contributed by atoms with van der Waals surface area (Å²) in [5, 5.41) is 19.8. The highest BCUT2D eigenvalue weighted by Gasteiger charge is 2.18. The van der Waals surface area contributed by atoms with Crippen LogP contribution < -0.4 is 0 Å². The number of benzene rings is 2. The number of ether oxygens (including phenoxy) is 1. The lowest BCUT2D eigenvalue weighted by molar-refractivity contribution is 0.0697. The normalized spacial score (nSPS) is 12.5. The third kappa shape index (κ3) is 5.98. The Kier molecular flexibility index (Phi) is 7.22. The number of carboxylic acid groups (broad SMARTS) is 1. The molecule has 0 heterocycles. The Balaban J connectivity index is 2.37. The van der Waals surface area contributed by atoms with Crippen LogP contribution in [-0.2, 0) is 4.74 Å². The summed E-state index contributed by atoms with van der Waals surface area (Å²) in [5.74, 6) is -0.857. The van der Waals surface area contributed by atoms with Crippen molar-refractivity contribution in [2.24, 2.45) is 0 Å². The highest BCUT2D eigenvalue weighted by atomic mass is 35.5. The van der Waals surface area contributed by atoms with Gasteiger partial charge in [-0.1, -0.05) is 41.5 Å². The molecule has 0 fully saturated rings. The molecule has 2 aromatic carbocycles. The third-order valence-electron chi connectivity index (χ3n) is 3.99. The first-order valence-electron chi connectivity index (χ1n) is 8.53. The van der Waals surface area contributed by atoms with E-state index < -0.39 is 12.1 Å². The average Bonchev–Trinajstić information content (AvgIpc) is 2.61. The average molecular weight is 387 g/mol. The summed E-state index contributed by atoms with van der Waals surface area (Å²) in [4.78, 5) is 11.0. The highest BCUT2D eigenvalue weighted by Crippen LogP contribution is 2.35. The van der Waals surface area contributed by atoms with Crippen molar-refractivity contribution in [3.8, 4) is 5.75 Å². The monoisotopic (exact) mass is 386 g/mol. The van der Waals surface area contributed by atoms with Gasteiger partial charge in [0.05, 0.1) is 12.2 Å². The van der Waals surface area contributed by atoms with Crippen molar-refractivity contribution in [3.63, 3.8) is 0 Å². The van der Waals surface area contributed by atoms with Gasteiger partial charge in [-0.3, -0.25) is 0 Å². The molecule has 0 saturated heterocycles. The van der Waals surface area contributed by atoms with E-state index >= 15 is 0 Å². The molecular weight excluding hydrogens is 364 g/mol. The molecule has 27 heavy (non-hydrogen) atoms. The van der Waals surface area contributed by atoms with Gasteiger partial charge >= 0.3 is 5.97 Å². The van der Waals surface area contributed by atoms with E-state index in [1.165, 1.54) is 0 Å². The van der Waals surface area contributed by atoms with E-state index in [0.717, 1.165) is 16.7 Å². The summed E-state index contributed by atoms with van der Waals surface area (Å²) >= 11 is 6.10. The quantitative estimate of drug-likeness (QED) is 0.584. The molecule has 0 aliphatic carbocycles. The molecule has 0 spiro atoms. The Hall–Kier alpha value is -2.56. The van der Waals surface area contributed by atoms with Gasteiger partial charge in [-0.05, 0) is 62.2 Å². The highest BCUT2D eigenvalue weighted by molar-refractivity contribution is 6.30. The van der Waals surface area contributed by atoms with Gasteiger partial charge in [0.25, 0.3) is 0 Å². The first kappa shape index (κ1) is 20.7.